The van der Waals surface area contributed by atoms with E-state index in [-0.39, 0.29) is 17.4 Å². The second kappa shape index (κ2) is 5.30. The first-order valence-corrected chi connectivity index (χ1v) is 7.26. The van der Waals surface area contributed by atoms with Crippen LogP contribution >= 0.6 is 0 Å². The number of carboxylic acids is 1. The molecular formula is C10H15N3O4S. The van der Waals surface area contributed by atoms with E-state index >= 15 is 0 Å². The first-order valence-electron chi connectivity index (χ1n) is 5.20. The van der Waals surface area contributed by atoms with Gasteiger partial charge in [-0.3, -0.25) is 0 Å². The Morgan fingerprint density at radius 1 is 1.50 bits per heavy atom. The fourth-order valence-corrected chi connectivity index (χ4v) is 2.45. The standard InChI is InChI=1S/C10H15N3O4S/c1-6-4-8(9(14)15)13-10(11-6)12-7(2)5-18(3,16)17/h4,7H,5H2,1-3H3,(H,14,15)(H,11,12,13). The summed E-state index contributed by atoms with van der Waals surface area (Å²) in [4.78, 5) is 18.6. The van der Waals surface area contributed by atoms with E-state index in [1.165, 1.54) is 6.07 Å². The molecule has 0 amide bonds. The Bertz CT molecular complexity index is 556. The van der Waals surface area contributed by atoms with E-state index in [0.717, 1.165) is 6.26 Å². The Kier molecular flexibility index (Phi) is 4.23. The van der Waals surface area contributed by atoms with E-state index in [9.17, 15) is 13.2 Å². The molecule has 1 aromatic rings. The first kappa shape index (κ1) is 14.4. The van der Waals surface area contributed by atoms with Crippen molar-refractivity contribution in [3.8, 4) is 0 Å². The maximum Gasteiger partial charge on any atom is 0.354 e. The molecule has 1 aromatic heterocycles. The van der Waals surface area contributed by atoms with Crippen LogP contribution in [0, 0.1) is 6.92 Å². The van der Waals surface area contributed by atoms with Crippen molar-refractivity contribution >= 4 is 21.8 Å². The van der Waals surface area contributed by atoms with E-state index in [4.69, 9.17) is 5.11 Å². The third-order valence-corrected chi connectivity index (χ3v) is 3.11. The van der Waals surface area contributed by atoms with Crippen molar-refractivity contribution < 1.29 is 18.3 Å². The predicted octanol–water partition coefficient (Wildman–Crippen LogP) is 0.328. The number of nitrogens with one attached hydrogen (secondary N) is 1. The lowest BCUT2D eigenvalue weighted by molar-refractivity contribution is 0.0690. The molecule has 100 valence electrons. The number of aromatic carboxylic acids is 1. The van der Waals surface area contributed by atoms with E-state index in [1.54, 1.807) is 13.8 Å². The van der Waals surface area contributed by atoms with Crippen molar-refractivity contribution in [1.82, 2.24) is 9.97 Å². The first-order chi connectivity index (χ1) is 8.17. The molecule has 0 aliphatic rings. The summed E-state index contributed by atoms with van der Waals surface area (Å²) in [5.74, 6) is -1.12. The molecule has 0 saturated heterocycles. The number of rotatable bonds is 5. The van der Waals surface area contributed by atoms with E-state index in [2.05, 4.69) is 15.3 Å². The second-order valence-electron chi connectivity index (χ2n) is 4.16. The Balaban J connectivity index is 2.88. The zero-order valence-corrected chi connectivity index (χ0v) is 11.2. The minimum Gasteiger partial charge on any atom is -0.477 e. The van der Waals surface area contributed by atoms with Gasteiger partial charge in [0.2, 0.25) is 5.95 Å². The molecule has 2 N–H and O–H groups in total. The molecule has 0 radical (unpaired) electrons. The normalized spacial score (nSPS) is 13.1. The van der Waals surface area contributed by atoms with Crippen LogP contribution in [0.4, 0.5) is 5.95 Å². The van der Waals surface area contributed by atoms with Crippen molar-refractivity contribution in [3.05, 3.63) is 17.5 Å². The highest BCUT2D eigenvalue weighted by Crippen LogP contribution is 2.07. The number of sulfone groups is 1. The summed E-state index contributed by atoms with van der Waals surface area (Å²) < 4.78 is 22.2. The van der Waals surface area contributed by atoms with Gasteiger partial charge in [0.15, 0.2) is 5.69 Å². The molecular weight excluding hydrogens is 258 g/mol. The molecule has 1 unspecified atom stereocenters. The summed E-state index contributed by atoms with van der Waals surface area (Å²) in [6, 6.07) is 0.942. The molecule has 0 aromatic carbocycles. The summed E-state index contributed by atoms with van der Waals surface area (Å²) in [5, 5.41) is 11.6. The molecule has 0 spiro atoms. The van der Waals surface area contributed by atoms with Gasteiger partial charge >= 0.3 is 5.97 Å². The van der Waals surface area contributed by atoms with E-state index < -0.39 is 21.8 Å². The molecule has 0 aliphatic heterocycles. The average molecular weight is 273 g/mol. The van der Waals surface area contributed by atoms with Gasteiger partial charge < -0.3 is 10.4 Å². The Morgan fingerprint density at radius 3 is 2.61 bits per heavy atom. The van der Waals surface area contributed by atoms with Gasteiger partial charge in [-0.25, -0.2) is 23.2 Å². The fraction of sp³-hybridized carbons (Fsp3) is 0.500. The molecule has 0 aliphatic carbocycles. The van der Waals surface area contributed by atoms with Gasteiger partial charge in [0.1, 0.15) is 9.84 Å². The largest absolute Gasteiger partial charge is 0.477 e. The topological polar surface area (TPSA) is 109 Å². The molecule has 1 heterocycles. The van der Waals surface area contributed by atoms with Gasteiger partial charge in [0.05, 0.1) is 5.75 Å². The molecule has 0 bridgehead atoms. The number of carbonyl (C=O) groups is 1. The molecule has 1 atom stereocenters. The van der Waals surface area contributed by atoms with Crippen LogP contribution in [0.25, 0.3) is 0 Å². The van der Waals surface area contributed by atoms with Gasteiger partial charge in [-0.05, 0) is 19.9 Å². The predicted molar refractivity (Wildman–Crippen MR) is 66.5 cm³/mol. The highest BCUT2D eigenvalue weighted by molar-refractivity contribution is 7.90. The van der Waals surface area contributed by atoms with Crippen molar-refractivity contribution in [1.29, 1.82) is 0 Å². The number of aromatic nitrogens is 2. The molecule has 0 fully saturated rings. The summed E-state index contributed by atoms with van der Waals surface area (Å²) in [5.41, 5.74) is 0.369. The summed E-state index contributed by atoms with van der Waals surface area (Å²) >= 11 is 0. The number of nitrogens with zero attached hydrogens (tertiary/aromatic N) is 2. The molecule has 8 heteroatoms. The third-order valence-electron chi connectivity index (χ3n) is 2.00. The lowest BCUT2D eigenvalue weighted by atomic mass is 10.3. The minimum absolute atomic E-state index is 0.0767. The van der Waals surface area contributed by atoms with Gasteiger partial charge in [-0.1, -0.05) is 0 Å². The summed E-state index contributed by atoms with van der Waals surface area (Å²) in [7, 11) is -3.11. The Hall–Kier alpha value is -1.70. The number of hydrogen-bond donors (Lipinski definition) is 2. The van der Waals surface area contributed by atoms with E-state index in [0.29, 0.717) is 5.69 Å². The third kappa shape index (κ3) is 4.66. The zero-order valence-electron chi connectivity index (χ0n) is 10.3. The van der Waals surface area contributed by atoms with E-state index in [1.807, 2.05) is 0 Å². The number of carboxylic acid groups (broad SMARTS) is 1. The van der Waals surface area contributed by atoms with Crippen LogP contribution in [0.1, 0.15) is 23.1 Å². The fourth-order valence-electron chi connectivity index (χ4n) is 1.46. The van der Waals surface area contributed by atoms with Crippen LogP contribution in [-0.2, 0) is 9.84 Å². The maximum absolute atomic E-state index is 11.1. The summed E-state index contributed by atoms with van der Waals surface area (Å²) in [6.45, 7) is 3.30. The molecule has 1 rings (SSSR count). The summed E-state index contributed by atoms with van der Waals surface area (Å²) in [6.07, 6.45) is 1.13. The van der Waals surface area contributed by atoms with Crippen LogP contribution in [0.15, 0.2) is 6.07 Å². The van der Waals surface area contributed by atoms with Crippen LogP contribution in [0.5, 0.6) is 0 Å². The lowest BCUT2D eigenvalue weighted by Crippen LogP contribution is -2.26. The zero-order chi connectivity index (χ0) is 13.9. The monoisotopic (exact) mass is 273 g/mol. The number of anilines is 1. The van der Waals surface area contributed by atoms with Crippen LogP contribution < -0.4 is 5.32 Å². The average Bonchev–Trinajstić information content (AvgIpc) is 2.12. The van der Waals surface area contributed by atoms with Crippen molar-refractivity contribution in [2.24, 2.45) is 0 Å². The Labute approximate surface area is 105 Å². The van der Waals surface area contributed by atoms with Gasteiger partial charge in [0.25, 0.3) is 0 Å². The smallest absolute Gasteiger partial charge is 0.354 e. The SMILES string of the molecule is Cc1cc(C(=O)O)nc(NC(C)CS(C)(=O)=O)n1. The van der Waals surface area contributed by atoms with Crippen molar-refractivity contribution in [3.63, 3.8) is 0 Å². The number of hydrogen-bond acceptors (Lipinski definition) is 6. The minimum atomic E-state index is -3.11. The Morgan fingerprint density at radius 2 is 2.11 bits per heavy atom. The van der Waals surface area contributed by atoms with Crippen LogP contribution in [-0.4, -0.2) is 47.5 Å². The van der Waals surface area contributed by atoms with Crippen LogP contribution in [0.2, 0.25) is 0 Å². The highest BCUT2D eigenvalue weighted by Gasteiger charge is 2.13. The van der Waals surface area contributed by atoms with Gasteiger partial charge in [0, 0.05) is 18.0 Å². The van der Waals surface area contributed by atoms with Gasteiger partial charge in [-0.2, -0.15) is 0 Å². The lowest BCUT2D eigenvalue weighted by Gasteiger charge is -2.13. The van der Waals surface area contributed by atoms with Crippen LogP contribution in [0.3, 0.4) is 0 Å². The second-order valence-corrected chi connectivity index (χ2v) is 6.35. The highest BCUT2D eigenvalue weighted by atomic mass is 32.2. The quantitative estimate of drug-likeness (QED) is 0.795. The molecule has 18 heavy (non-hydrogen) atoms. The van der Waals surface area contributed by atoms with Crippen molar-refractivity contribution in [2.45, 2.75) is 19.9 Å². The molecule has 7 nitrogen and oxygen atoms in total. The van der Waals surface area contributed by atoms with Crippen molar-refractivity contribution in [2.75, 3.05) is 17.3 Å². The maximum atomic E-state index is 11.1. The molecule has 0 saturated carbocycles. The van der Waals surface area contributed by atoms with Gasteiger partial charge in [-0.15, -0.1) is 0 Å². The number of aryl methyl sites for hydroxylation is 1.